The molecule has 1 aliphatic heterocycles. The van der Waals surface area contributed by atoms with Gasteiger partial charge in [0, 0.05) is 13.1 Å². The van der Waals surface area contributed by atoms with Crippen LogP contribution in [-0.4, -0.2) is 60.8 Å². The van der Waals surface area contributed by atoms with E-state index in [1.807, 2.05) is 0 Å². The lowest BCUT2D eigenvalue weighted by Gasteiger charge is -2.26. The molecule has 124 valence electrons. The van der Waals surface area contributed by atoms with Gasteiger partial charge < -0.3 is 9.47 Å². The molecule has 1 fully saturated rings. The molecule has 0 atom stereocenters. The molecule has 1 heterocycles. The van der Waals surface area contributed by atoms with Crippen molar-refractivity contribution in [3.05, 3.63) is 18.2 Å². The van der Waals surface area contributed by atoms with Crippen LogP contribution in [-0.2, 0) is 24.8 Å². The average molecular weight is 350 g/mol. The highest BCUT2D eigenvalue weighted by molar-refractivity contribution is 7.92. The van der Waals surface area contributed by atoms with E-state index >= 15 is 0 Å². The van der Waals surface area contributed by atoms with E-state index in [-0.39, 0.29) is 29.4 Å². The third-order valence-corrected chi connectivity index (χ3v) is 5.56. The minimum Gasteiger partial charge on any atom is -0.495 e. The summed E-state index contributed by atoms with van der Waals surface area (Å²) in [5.74, 6) is 0.242. The Balaban J connectivity index is 2.41. The zero-order valence-electron chi connectivity index (χ0n) is 12.3. The van der Waals surface area contributed by atoms with E-state index in [4.69, 9.17) is 9.47 Å². The lowest BCUT2D eigenvalue weighted by atomic mass is 10.3. The maximum absolute atomic E-state index is 12.6. The Labute approximate surface area is 130 Å². The van der Waals surface area contributed by atoms with E-state index in [1.54, 1.807) is 0 Å². The number of morpholine rings is 1. The molecule has 0 bridgehead atoms. The molecule has 0 radical (unpaired) electrons. The summed E-state index contributed by atoms with van der Waals surface area (Å²) in [4.78, 5) is 0.00125. The van der Waals surface area contributed by atoms with Crippen LogP contribution < -0.4 is 9.46 Å². The van der Waals surface area contributed by atoms with Crippen LogP contribution >= 0.6 is 0 Å². The monoisotopic (exact) mass is 350 g/mol. The Morgan fingerprint density at radius 3 is 2.36 bits per heavy atom. The Morgan fingerprint density at radius 2 is 1.82 bits per heavy atom. The second-order valence-electron chi connectivity index (χ2n) is 4.75. The van der Waals surface area contributed by atoms with Gasteiger partial charge in [0.1, 0.15) is 5.75 Å². The summed E-state index contributed by atoms with van der Waals surface area (Å²) in [5.41, 5.74) is 0.0827. The summed E-state index contributed by atoms with van der Waals surface area (Å²) in [7, 11) is -5.88. The van der Waals surface area contributed by atoms with Gasteiger partial charge in [-0.1, -0.05) is 0 Å². The molecule has 0 aromatic heterocycles. The quantitative estimate of drug-likeness (QED) is 0.807. The normalized spacial score (nSPS) is 17.2. The maximum atomic E-state index is 12.6. The first-order valence-electron chi connectivity index (χ1n) is 6.48. The van der Waals surface area contributed by atoms with Crippen LogP contribution in [0.15, 0.2) is 23.1 Å². The van der Waals surface area contributed by atoms with Crippen molar-refractivity contribution in [2.45, 2.75) is 4.90 Å². The molecule has 1 aromatic rings. The van der Waals surface area contributed by atoms with Crippen molar-refractivity contribution in [3.63, 3.8) is 0 Å². The SMILES string of the molecule is COc1ccc(S(=O)(=O)N2CCOCC2)cc1NS(C)(=O)=O. The predicted molar refractivity (Wildman–Crippen MR) is 81.0 cm³/mol. The van der Waals surface area contributed by atoms with E-state index in [1.165, 1.54) is 29.6 Å². The van der Waals surface area contributed by atoms with Crippen molar-refractivity contribution in [2.24, 2.45) is 0 Å². The van der Waals surface area contributed by atoms with E-state index < -0.39 is 20.0 Å². The molecule has 0 spiro atoms. The Bertz CT molecular complexity index is 739. The molecule has 1 N–H and O–H groups in total. The van der Waals surface area contributed by atoms with Gasteiger partial charge in [0.2, 0.25) is 20.0 Å². The minimum absolute atomic E-state index is 0.00125. The van der Waals surface area contributed by atoms with Gasteiger partial charge in [-0.05, 0) is 18.2 Å². The highest BCUT2D eigenvalue weighted by Crippen LogP contribution is 2.29. The number of hydrogen-bond acceptors (Lipinski definition) is 6. The fraction of sp³-hybridized carbons (Fsp3) is 0.500. The lowest BCUT2D eigenvalue weighted by Crippen LogP contribution is -2.40. The molecule has 0 aliphatic carbocycles. The number of ether oxygens (including phenoxy) is 2. The first-order valence-corrected chi connectivity index (χ1v) is 9.81. The van der Waals surface area contributed by atoms with E-state index in [2.05, 4.69) is 4.72 Å². The highest BCUT2D eigenvalue weighted by Gasteiger charge is 2.27. The van der Waals surface area contributed by atoms with Gasteiger partial charge in [-0.15, -0.1) is 0 Å². The fourth-order valence-electron chi connectivity index (χ4n) is 2.06. The van der Waals surface area contributed by atoms with Gasteiger partial charge >= 0.3 is 0 Å². The van der Waals surface area contributed by atoms with Gasteiger partial charge in [-0.2, -0.15) is 4.31 Å². The zero-order chi connectivity index (χ0) is 16.4. The summed E-state index contributed by atoms with van der Waals surface area (Å²) in [6.45, 7) is 1.21. The van der Waals surface area contributed by atoms with Crippen molar-refractivity contribution in [1.82, 2.24) is 4.31 Å². The lowest BCUT2D eigenvalue weighted by molar-refractivity contribution is 0.0730. The number of benzene rings is 1. The highest BCUT2D eigenvalue weighted by atomic mass is 32.2. The van der Waals surface area contributed by atoms with Crippen LogP contribution in [0.1, 0.15) is 0 Å². The first kappa shape index (κ1) is 17.0. The smallest absolute Gasteiger partial charge is 0.243 e. The van der Waals surface area contributed by atoms with Crippen molar-refractivity contribution in [2.75, 3.05) is 44.4 Å². The number of nitrogens with zero attached hydrogens (tertiary/aromatic N) is 1. The van der Waals surface area contributed by atoms with E-state index in [9.17, 15) is 16.8 Å². The van der Waals surface area contributed by atoms with Crippen molar-refractivity contribution in [3.8, 4) is 5.75 Å². The second kappa shape index (κ2) is 6.41. The van der Waals surface area contributed by atoms with Gasteiger partial charge in [0.25, 0.3) is 0 Å². The van der Waals surface area contributed by atoms with Crippen LogP contribution in [0.5, 0.6) is 5.75 Å². The number of anilines is 1. The molecule has 0 amide bonds. The molecule has 1 aromatic carbocycles. The number of hydrogen-bond donors (Lipinski definition) is 1. The van der Waals surface area contributed by atoms with Crippen LogP contribution in [0.2, 0.25) is 0 Å². The number of nitrogens with one attached hydrogen (secondary N) is 1. The summed E-state index contributed by atoms with van der Waals surface area (Å²) < 4.78 is 61.6. The molecule has 2 rings (SSSR count). The fourth-order valence-corrected chi connectivity index (χ4v) is 4.06. The molecule has 10 heteroatoms. The topological polar surface area (TPSA) is 102 Å². The number of methoxy groups -OCH3 is 1. The Kier molecular flexibility index (Phi) is 4.95. The predicted octanol–water partition coefficient (Wildman–Crippen LogP) is 0.0876. The summed E-state index contributed by atoms with van der Waals surface area (Å²) in [6.07, 6.45) is 0.982. The van der Waals surface area contributed by atoms with Gasteiger partial charge in [-0.25, -0.2) is 16.8 Å². The van der Waals surface area contributed by atoms with Gasteiger partial charge in [-0.3, -0.25) is 4.72 Å². The van der Waals surface area contributed by atoms with Crippen molar-refractivity contribution in [1.29, 1.82) is 0 Å². The Morgan fingerprint density at radius 1 is 1.18 bits per heavy atom. The number of rotatable bonds is 5. The van der Waals surface area contributed by atoms with Crippen LogP contribution in [0.25, 0.3) is 0 Å². The zero-order valence-corrected chi connectivity index (χ0v) is 13.9. The van der Waals surface area contributed by atoms with Gasteiger partial charge in [0.05, 0.1) is 37.2 Å². The van der Waals surface area contributed by atoms with Crippen LogP contribution in [0.4, 0.5) is 5.69 Å². The minimum atomic E-state index is -3.70. The van der Waals surface area contributed by atoms with Crippen LogP contribution in [0, 0.1) is 0 Å². The van der Waals surface area contributed by atoms with Crippen LogP contribution in [0.3, 0.4) is 0 Å². The van der Waals surface area contributed by atoms with E-state index in [0.29, 0.717) is 13.2 Å². The standard InChI is InChI=1S/C12H18N2O6S2/c1-19-12-4-3-10(9-11(12)13-21(2,15)16)22(17,18)14-5-7-20-8-6-14/h3-4,9,13H,5-8H2,1-2H3. The Hall–Kier alpha value is -1.36. The van der Waals surface area contributed by atoms with Crippen molar-refractivity contribution < 1.29 is 26.3 Å². The van der Waals surface area contributed by atoms with Gasteiger partial charge in [0.15, 0.2) is 0 Å². The largest absolute Gasteiger partial charge is 0.495 e. The molecule has 1 aliphatic rings. The summed E-state index contributed by atoms with van der Waals surface area (Å²) >= 11 is 0. The first-order chi connectivity index (χ1) is 10.2. The molecular formula is C12H18N2O6S2. The third-order valence-electron chi connectivity index (χ3n) is 3.07. The van der Waals surface area contributed by atoms with E-state index in [0.717, 1.165) is 6.26 Å². The molecule has 0 saturated carbocycles. The summed E-state index contributed by atoms with van der Waals surface area (Å²) in [5, 5.41) is 0. The summed E-state index contributed by atoms with van der Waals surface area (Å²) in [6, 6.07) is 4.06. The molecule has 1 saturated heterocycles. The number of sulfonamides is 2. The molecule has 8 nitrogen and oxygen atoms in total. The maximum Gasteiger partial charge on any atom is 0.243 e. The third kappa shape index (κ3) is 3.88. The second-order valence-corrected chi connectivity index (χ2v) is 8.44. The molecule has 22 heavy (non-hydrogen) atoms. The van der Waals surface area contributed by atoms with Crippen molar-refractivity contribution >= 4 is 25.7 Å². The average Bonchev–Trinajstić information content (AvgIpc) is 2.46. The molecule has 0 unspecified atom stereocenters. The molecular weight excluding hydrogens is 332 g/mol.